The Bertz CT molecular complexity index is 1030. The highest BCUT2D eigenvalue weighted by Gasteiger charge is 2.21. The van der Waals surface area contributed by atoms with Crippen molar-refractivity contribution in [2.24, 2.45) is 0 Å². The van der Waals surface area contributed by atoms with Crippen LogP contribution in [0.5, 0.6) is 5.75 Å². The van der Waals surface area contributed by atoms with Crippen LogP contribution in [0, 0.1) is 5.82 Å². The molecule has 0 aromatic heterocycles. The molecule has 0 aliphatic rings. The summed E-state index contributed by atoms with van der Waals surface area (Å²) in [4.78, 5) is 27.1. The van der Waals surface area contributed by atoms with E-state index >= 15 is 0 Å². The fraction of sp³-hybridized carbons (Fsp3) is 0.200. The topological polar surface area (TPSA) is 58.6 Å². The van der Waals surface area contributed by atoms with Crippen molar-refractivity contribution >= 4 is 11.8 Å². The van der Waals surface area contributed by atoms with Crippen LogP contribution < -0.4 is 10.1 Å². The van der Waals surface area contributed by atoms with Crippen LogP contribution in [0.15, 0.2) is 78.9 Å². The summed E-state index contributed by atoms with van der Waals surface area (Å²) in [5.74, 6) is -0.732. The Labute approximate surface area is 181 Å². The Kier molecular flexibility index (Phi) is 7.38. The van der Waals surface area contributed by atoms with E-state index in [4.69, 9.17) is 4.74 Å². The molecule has 31 heavy (non-hydrogen) atoms. The van der Waals surface area contributed by atoms with Gasteiger partial charge in [-0.15, -0.1) is 0 Å². The van der Waals surface area contributed by atoms with Crippen molar-refractivity contribution in [2.75, 3.05) is 14.2 Å². The monoisotopic (exact) mass is 420 g/mol. The lowest BCUT2D eigenvalue weighted by Crippen LogP contribution is -2.34. The molecule has 5 nitrogen and oxygen atoms in total. The zero-order valence-electron chi connectivity index (χ0n) is 17.5. The van der Waals surface area contributed by atoms with Gasteiger partial charge in [0.1, 0.15) is 0 Å². The molecule has 0 aliphatic heterocycles. The molecule has 6 heteroatoms. The van der Waals surface area contributed by atoms with Crippen molar-refractivity contribution in [1.82, 2.24) is 10.2 Å². The van der Waals surface area contributed by atoms with Crippen LogP contribution in [-0.4, -0.2) is 30.9 Å². The average Bonchev–Trinajstić information content (AvgIpc) is 2.79. The number of amides is 2. The summed E-state index contributed by atoms with van der Waals surface area (Å²) < 4.78 is 18.9. The third kappa shape index (κ3) is 5.92. The average molecular weight is 420 g/mol. The lowest BCUT2D eigenvalue weighted by molar-refractivity contribution is -0.130. The molecule has 160 valence electrons. The SMILES string of the molecule is COc1ccc(CN(C)C(=O)CC(NC(=O)c2ccccc2)c2ccccc2)cc1F. The van der Waals surface area contributed by atoms with Crippen molar-refractivity contribution < 1.29 is 18.7 Å². The lowest BCUT2D eigenvalue weighted by Gasteiger charge is -2.23. The normalized spacial score (nSPS) is 11.5. The van der Waals surface area contributed by atoms with Crippen molar-refractivity contribution in [2.45, 2.75) is 19.0 Å². The van der Waals surface area contributed by atoms with Gasteiger partial charge in [0, 0.05) is 19.2 Å². The van der Waals surface area contributed by atoms with Gasteiger partial charge in [-0.25, -0.2) is 4.39 Å². The van der Waals surface area contributed by atoms with Gasteiger partial charge in [0.05, 0.1) is 19.6 Å². The molecule has 2 amide bonds. The molecule has 3 aromatic rings. The second-order valence-electron chi connectivity index (χ2n) is 7.23. The zero-order valence-corrected chi connectivity index (χ0v) is 17.5. The van der Waals surface area contributed by atoms with E-state index in [1.807, 2.05) is 36.4 Å². The molecule has 3 aromatic carbocycles. The highest BCUT2D eigenvalue weighted by atomic mass is 19.1. The third-order valence-corrected chi connectivity index (χ3v) is 4.98. The maximum Gasteiger partial charge on any atom is 0.251 e. The van der Waals surface area contributed by atoms with Crippen LogP contribution in [0.25, 0.3) is 0 Å². The molecule has 1 unspecified atom stereocenters. The maximum atomic E-state index is 14.0. The van der Waals surface area contributed by atoms with Gasteiger partial charge in [0.15, 0.2) is 11.6 Å². The fourth-order valence-corrected chi connectivity index (χ4v) is 3.27. The summed E-state index contributed by atoms with van der Waals surface area (Å²) in [7, 11) is 3.06. The van der Waals surface area contributed by atoms with Gasteiger partial charge >= 0.3 is 0 Å². The smallest absolute Gasteiger partial charge is 0.251 e. The minimum absolute atomic E-state index is 0.0811. The molecule has 0 aliphatic carbocycles. The molecule has 0 spiro atoms. The Morgan fingerprint density at radius 2 is 1.65 bits per heavy atom. The summed E-state index contributed by atoms with van der Waals surface area (Å²) >= 11 is 0. The number of rotatable bonds is 8. The van der Waals surface area contributed by atoms with E-state index in [9.17, 15) is 14.0 Å². The van der Waals surface area contributed by atoms with E-state index in [1.54, 1.807) is 37.4 Å². The van der Waals surface area contributed by atoms with Crippen molar-refractivity contribution in [3.8, 4) is 5.75 Å². The third-order valence-electron chi connectivity index (χ3n) is 4.98. The largest absolute Gasteiger partial charge is 0.494 e. The number of ether oxygens (including phenoxy) is 1. The maximum absolute atomic E-state index is 14.0. The number of hydrogen-bond donors (Lipinski definition) is 1. The molecule has 1 N–H and O–H groups in total. The first-order chi connectivity index (χ1) is 15.0. The first-order valence-corrected chi connectivity index (χ1v) is 9.95. The van der Waals surface area contributed by atoms with Crippen molar-refractivity contribution in [1.29, 1.82) is 0 Å². The van der Waals surface area contributed by atoms with Crippen molar-refractivity contribution in [3.63, 3.8) is 0 Å². The molecule has 0 saturated carbocycles. The van der Waals surface area contributed by atoms with Gasteiger partial charge in [-0.2, -0.15) is 0 Å². The number of hydrogen-bond acceptors (Lipinski definition) is 3. The predicted octanol–water partition coefficient (Wildman–Crippen LogP) is 4.35. The van der Waals surface area contributed by atoms with Gasteiger partial charge < -0.3 is 15.0 Å². The van der Waals surface area contributed by atoms with E-state index < -0.39 is 11.9 Å². The Morgan fingerprint density at radius 1 is 1.00 bits per heavy atom. The molecule has 0 radical (unpaired) electrons. The van der Waals surface area contributed by atoms with Crippen LogP contribution in [-0.2, 0) is 11.3 Å². The van der Waals surface area contributed by atoms with Crippen molar-refractivity contribution in [3.05, 3.63) is 101 Å². The number of methoxy groups -OCH3 is 1. The fourth-order valence-electron chi connectivity index (χ4n) is 3.27. The van der Waals surface area contributed by atoms with Crippen LogP contribution in [0.1, 0.15) is 33.9 Å². The van der Waals surface area contributed by atoms with E-state index in [2.05, 4.69) is 5.32 Å². The molecule has 3 rings (SSSR count). The second-order valence-corrected chi connectivity index (χ2v) is 7.23. The van der Waals surface area contributed by atoms with E-state index in [1.165, 1.54) is 24.1 Å². The zero-order chi connectivity index (χ0) is 22.2. The number of nitrogens with zero attached hydrogens (tertiary/aromatic N) is 1. The minimum Gasteiger partial charge on any atom is -0.494 e. The van der Waals surface area contributed by atoms with Crippen LogP contribution in [0.3, 0.4) is 0 Å². The summed E-state index contributed by atoms with van der Waals surface area (Å²) in [6, 6.07) is 22.4. The lowest BCUT2D eigenvalue weighted by atomic mass is 10.0. The highest BCUT2D eigenvalue weighted by Crippen LogP contribution is 2.21. The van der Waals surface area contributed by atoms with E-state index in [-0.39, 0.29) is 30.5 Å². The van der Waals surface area contributed by atoms with Crippen LogP contribution in [0.4, 0.5) is 4.39 Å². The summed E-state index contributed by atoms with van der Waals surface area (Å²) in [5.41, 5.74) is 2.01. The first-order valence-electron chi connectivity index (χ1n) is 9.95. The molecule has 0 heterocycles. The van der Waals surface area contributed by atoms with E-state index in [0.717, 1.165) is 5.56 Å². The minimum atomic E-state index is -0.489. The Morgan fingerprint density at radius 3 is 2.26 bits per heavy atom. The van der Waals surface area contributed by atoms with Gasteiger partial charge in [0.25, 0.3) is 5.91 Å². The number of halogens is 1. The second kappa shape index (κ2) is 10.4. The van der Waals surface area contributed by atoms with Gasteiger partial charge in [-0.1, -0.05) is 54.6 Å². The molecular weight excluding hydrogens is 395 g/mol. The number of carbonyl (C=O) groups excluding carboxylic acids is 2. The standard InChI is InChI=1S/C25H25FN2O3/c1-28(17-18-13-14-23(31-2)21(26)15-18)24(29)16-22(19-9-5-3-6-10-19)27-25(30)20-11-7-4-8-12-20/h3-15,22H,16-17H2,1-2H3,(H,27,30). The Hall–Kier alpha value is -3.67. The first kappa shape index (κ1) is 22.0. The van der Waals surface area contributed by atoms with Crippen LogP contribution in [0.2, 0.25) is 0 Å². The van der Waals surface area contributed by atoms with Gasteiger partial charge in [0.2, 0.25) is 5.91 Å². The molecule has 0 fully saturated rings. The highest BCUT2D eigenvalue weighted by molar-refractivity contribution is 5.94. The predicted molar refractivity (Wildman–Crippen MR) is 117 cm³/mol. The number of carbonyl (C=O) groups is 2. The molecule has 0 saturated heterocycles. The number of nitrogens with one attached hydrogen (secondary N) is 1. The quantitative estimate of drug-likeness (QED) is 0.589. The molecule has 1 atom stereocenters. The van der Waals surface area contributed by atoms with Crippen LogP contribution >= 0.6 is 0 Å². The van der Waals surface area contributed by atoms with E-state index in [0.29, 0.717) is 11.1 Å². The number of benzene rings is 3. The molecular formula is C25H25FN2O3. The Balaban J connectivity index is 1.71. The molecule has 0 bridgehead atoms. The summed E-state index contributed by atoms with van der Waals surface area (Å²) in [6.07, 6.45) is 0.0811. The summed E-state index contributed by atoms with van der Waals surface area (Å²) in [6.45, 7) is 0.244. The van der Waals surface area contributed by atoms with Gasteiger partial charge in [-0.3, -0.25) is 9.59 Å². The van der Waals surface area contributed by atoms with Gasteiger partial charge in [-0.05, 0) is 35.4 Å². The summed E-state index contributed by atoms with van der Waals surface area (Å²) in [5, 5.41) is 2.96.